The van der Waals surface area contributed by atoms with Crippen molar-refractivity contribution in [3.8, 4) is 16.3 Å². The monoisotopic (exact) mass is 417 g/mol. The van der Waals surface area contributed by atoms with Crippen LogP contribution >= 0.6 is 11.3 Å². The quantitative estimate of drug-likeness (QED) is 0.665. The van der Waals surface area contributed by atoms with Gasteiger partial charge >= 0.3 is 0 Å². The Kier molecular flexibility index (Phi) is 5.78. The topological polar surface area (TPSA) is 88.6 Å². The van der Waals surface area contributed by atoms with Crippen LogP contribution in [0.1, 0.15) is 10.5 Å². The van der Waals surface area contributed by atoms with Crippen molar-refractivity contribution in [1.29, 1.82) is 0 Å². The van der Waals surface area contributed by atoms with Crippen LogP contribution in [0.2, 0.25) is 0 Å². The summed E-state index contributed by atoms with van der Waals surface area (Å²) in [6.45, 7) is 0. The molecule has 0 bridgehead atoms. The Bertz CT molecular complexity index is 1090. The van der Waals surface area contributed by atoms with E-state index in [4.69, 9.17) is 4.74 Å². The molecule has 0 aliphatic heterocycles. The van der Waals surface area contributed by atoms with Crippen molar-refractivity contribution >= 4 is 33.0 Å². The summed E-state index contributed by atoms with van der Waals surface area (Å²) in [5.41, 5.74) is 1.52. The molecule has 1 amide bonds. The molecular weight excluding hydrogens is 398 g/mol. The van der Waals surface area contributed by atoms with Crippen molar-refractivity contribution in [2.24, 2.45) is 0 Å². The molecule has 0 atom stereocenters. The number of amides is 1. The Morgan fingerprint density at radius 2 is 1.86 bits per heavy atom. The van der Waals surface area contributed by atoms with Crippen LogP contribution in [0.4, 0.5) is 5.69 Å². The van der Waals surface area contributed by atoms with E-state index in [2.05, 4.69) is 10.3 Å². The van der Waals surface area contributed by atoms with E-state index in [1.165, 1.54) is 37.6 Å². The summed E-state index contributed by atoms with van der Waals surface area (Å²) >= 11 is 1.35. The van der Waals surface area contributed by atoms with Crippen LogP contribution in [0.15, 0.2) is 58.8 Å². The normalized spacial score (nSPS) is 11.4. The molecule has 3 aromatic rings. The number of thiazole rings is 1. The Morgan fingerprint density at radius 1 is 1.14 bits per heavy atom. The molecule has 0 radical (unpaired) electrons. The Balaban J connectivity index is 1.78. The minimum atomic E-state index is -3.58. The largest absolute Gasteiger partial charge is 0.497 e. The van der Waals surface area contributed by atoms with Gasteiger partial charge in [-0.1, -0.05) is 6.07 Å². The molecule has 0 aliphatic carbocycles. The second-order valence-corrected chi connectivity index (χ2v) is 9.05. The Morgan fingerprint density at radius 3 is 2.50 bits per heavy atom. The van der Waals surface area contributed by atoms with Gasteiger partial charge in [-0.2, -0.15) is 0 Å². The van der Waals surface area contributed by atoms with Crippen LogP contribution in [0.3, 0.4) is 0 Å². The highest BCUT2D eigenvalue weighted by atomic mass is 32.2. The number of rotatable bonds is 6. The molecular formula is C19H19N3O4S2. The summed E-state index contributed by atoms with van der Waals surface area (Å²) in [6.07, 6.45) is 0. The van der Waals surface area contributed by atoms with Gasteiger partial charge < -0.3 is 10.1 Å². The van der Waals surface area contributed by atoms with Gasteiger partial charge in [0, 0.05) is 30.7 Å². The highest BCUT2D eigenvalue weighted by Crippen LogP contribution is 2.26. The number of sulfonamides is 1. The lowest BCUT2D eigenvalue weighted by Crippen LogP contribution is -2.22. The predicted octanol–water partition coefficient (Wildman–Crippen LogP) is 3.32. The minimum absolute atomic E-state index is 0.104. The number of nitrogens with zero attached hydrogens (tertiary/aromatic N) is 2. The molecule has 1 heterocycles. The lowest BCUT2D eigenvalue weighted by molar-refractivity contribution is 0.102. The third kappa shape index (κ3) is 4.22. The van der Waals surface area contributed by atoms with Gasteiger partial charge in [-0.05, 0) is 42.5 Å². The molecule has 0 spiro atoms. The van der Waals surface area contributed by atoms with Gasteiger partial charge in [-0.25, -0.2) is 17.7 Å². The van der Waals surface area contributed by atoms with Gasteiger partial charge in [0.15, 0.2) is 0 Å². The molecule has 3 rings (SSSR count). The molecule has 0 fully saturated rings. The molecule has 0 unspecified atom stereocenters. The number of anilines is 1. The maximum Gasteiger partial charge on any atom is 0.275 e. The molecule has 7 nitrogen and oxygen atoms in total. The predicted molar refractivity (Wildman–Crippen MR) is 109 cm³/mol. The summed E-state index contributed by atoms with van der Waals surface area (Å²) in [6, 6.07) is 13.5. The zero-order chi connectivity index (χ0) is 20.3. The van der Waals surface area contributed by atoms with Crippen molar-refractivity contribution in [2.45, 2.75) is 4.90 Å². The number of ether oxygens (including phenoxy) is 1. The van der Waals surface area contributed by atoms with E-state index in [-0.39, 0.29) is 10.6 Å². The van der Waals surface area contributed by atoms with Crippen molar-refractivity contribution in [3.63, 3.8) is 0 Å². The number of aromatic nitrogens is 1. The third-order valence-electron chi connectivity index (χ3n) is 3.94. The second kappa shape index (κ2) is 8.09. The molecule has 0 saturated heterocycles. The summed E-state index contributed by atoms with van der Waals surface area (Å²) in [4.78, 5) is 17.0. The average molecular weight is 418 g/mol. The number of hydrogen-bond acceptors (Lipinski definition) is 6. The standard InChI is InChI=1S/C19H19N3O4S2/c1-22(2)28(24,25)16-6-4-5-14(11-16)20-18(23)17-12-27-19(21-17)13-7-9-15(26-3)10-8-13/h4-12H,1-3H3,(H,20,23). The fourth-order valence-electron chi connectivity index (χ4n) is 2.38. The summed E-state index contributed by atoms with van der Waals surface area (Å²) in [5.74, 6) is 0.334. The summed E-state index contributed by atoms with van der Waals surface area (Å²) < 4.78 is 30.7. The van der Waals surface area contributed by atoms with Gasteiger partial charge in [0.1, 0.15) is 16.5 Å². The van der Waals surface area contributed by atoms with Crippen LogP contribution in [0, 0.1) is 0 Å². The van der Waals surface area contributed by atoms with E-state index in [1.54, 1.807) is 24.6 Å². The SMILES string of the molecule is COc1ccc(-c2nc(C(=O)Nc3cccc(S(=O)(=O)N(C)C)c3)cs2)cc1. The molecule has 0 aliphatic rings. The van der Waals surface area contributed by atoms with Gasteiger partial charge in [-0.15, -0.1) is 11.3 Å². The van der Waals surface area contributed by atoms with E-state index >= 15 is 0 Å². The fraction of sp³-hybridized carbons (Fsp3) is 0.158. The van der Waals surface area contributed by atoms with E-state index in [1.807, 2.05) is 24.3 Å². The minimum Gasteiger partial charge on any atom is -0.497 e. The van der Waals surface area contributed by atoms with Crippen LogP contribution in [0.5, 0.6) is 5.75 Å². The number of hydrogen-bond donors (Lipinski definition) is 1. The first kappa shape index (κ1) is 20.0. The molecule has 1 aromatic heterocycles. The highest BCUT2D eigenvalue weighted by molar-refractivity contribution is 7.89. The van der Waals surface area contributed by atoms with Crippen molar-refractivity contribution in [2.75, 3.05) is 26.5 Å². The first-order chi connectivity index (χ1) is 13.3. The lowest BCUT2D eigenvalue weighted by Gasteiger charge is -2.12. The third-order valence-corrected chi connectivity index (χ3v) is 6.65. The lowest BCUT2D eigenvalue weighted by atomic mass is 10.2. The molecule has 0 saturated carbocycles. The number of nitrogens with one attached hydrogen (secondary N) is 1. The second-order valence-electron chi connectivity index (χ2n) is 6.04. The van der Waals surface area contributed by atoms with Crippen molar-refractivity contribution in [3.05, 3.63) is 59.6 Å². The number of methoxy groups -OCH3 is 1. The van der Waals surface area contributed by atoms with Crippen LogP contribution in [-0.2, 0) is 10.0 Å². The average Bonchev–Trinajstić information content (AvgIpc) is 3.18. The van der Waals surface area contributed by atoms with Crippen molar-refractivity contribution in [1.82, 2.24) is 9.29 Å². The van der Waals surface area contributed by atoms with E-state index in [0.717, 1.165) is 15.6 Å². The maximum atomic E-state index is 12.5. The molecule has 146 valence electrons. The van der Waals surface area contributed by atoms with Gasteiger partial charge in [0.25, 0.3) is 5.91 Å². The number of carbonyl (C=O) groups is 1. The molecule has 1 N–H and O–H groups in total. The molecule has 9 heteroatoms. The Labute approximate surface area is 167 Å². The fourth-order valence-corrected chi connectivity index (χ4v) is 4.14. The smallest absolute Gasteiger partial charge is 0.275 e. The number of benzene rings is 2. The zero-order valence-corrected chi connectivity index (χ0v) is 17.2. The van der Waals surface area contributed by atoms with Gasteiger partial charge in [-0.3, -0.25) is 4.79 Å². The van der Waals surface area contributed by atoms with E-state index in [0.29, 0.717) is 10.7 Å². The first-order valence-electron chi connectivity index (χ1n) is 8.25. The van der Waals surface area contributed by atoms with Crippen LogP contribution in [-0.4, -0.2) is 44.8 Å². The van der Waals surface area contributed by atoms with Gasteiger partial charge in [0.05, 0.1) is 12.0 Å². The van der Waals surface area contributed by atoms with Crippen molar-refractivity contribution < 1.29 is 17.9 Å². The molecule has 2 aromatic carbocycles. The summed E-state index contributed by atoms with van der Waals surface area (Å²) in [5, 5.41) is 5.06. The maximum absolute atomic E-state index is 12.5. The van der Waals surface area contributed by atoms with Crippen LogP contribution < -0.4 is 10.1 Å². The molecule has 28 heavy (non-hydrogen) atoms. The van der Waals surface area contributed by atoms with E-state index in [9.17, 15) is 13.2 Å². The first-order valence-corrected chi connectivity index (χ1v) is 10.6. The Hall–Kier alpha value is -2.75. The number of carbonyl (C=O) groups excluding carboxylic acids is 1. The highest BCUT2D eigenvalue weighted by Gasteiger charge is 2.18. The van der Waals surface area contributed by atoms with E-state index < -0.39 is 15.9 Å². The van der Waals surface area contributed by atoms with Crippen LogP contribution in [0.25, 0.3) is 10.6 Å². The van der Waals surface area contributed by atoms with Gasteiger partial charge in [0.2, 0.25) is 10.0 Å². The summed E-state index contributed by atoms with van der Waals surface area (Å²) in [7, 11) is 0.927. The zero-order valence-electron chi connectivity index (χ0n) is 15.5.